The minimum absolute atomic E-state index is 0.0849. The zero-order valence-electron chi connectivity index (χ0n) is 14.0. The number of halogens is 1. The Bertz CT molecular complexity index is 1020. The molecule has 1 heterocycles. The lowest BCUT2D eigenvalue weighted by Gasteiger charge is -2.12. The first-order valence-electron chi connectivity index (χ1n) is 7.60. The third kappa shape index (κ3) is 3.77. The molecule has 0 bridgehead atoms. The molecule has 0 saturated heterocycles. The zero-order valence-corrected chi connectivity index (χ0v) is 16.4. The molecule has 5 nitrogen and oxygen atoms in total. The maximum absolute atomic E-state index is 12.6. The first-order chi connectivity index (χ1) is 11.8. The van der Waals surface area contributed by atoms with Crippen LogP contribution in [-0.2, 0) is 10.1 Å². The summed E-state index contributed by atoms with van der Waals surface area (Å²) in [7, 11) is -3.95. The van der Waals surface area contributed by atoms with Crippen molar-refractivity contribution in [2.24, 2.45) is 0 Å². The molecule has 0 spiro atoms. The lowest BCUT2D eigenvalue weighted by molar-refractivity contribution is 0.464. The predicted molar refractivity (Wildman–Crippen MR) is 99.7 cm³/mol. The van der Waals surface area contributed by atoms with Gasteiger partial charge in [-0.3, -0.25) is 0 Å². The molecule has 130 valence electrons. The summed E-state index contributed by atoms with van der Waals surface area (Å²) in [5.41, 5.74) is 3.55. The molecule has 7 heteroatoms. The summed E-state index contributed by atoms with van der Waals surface area (Å²) in [5, 5.41) is 4.38. The molecule has 25 heavy (non-hydrogen) atoms. The highest BCUT2D eigenvalue weighted by Gasteiger charge is 2.21. The van der Waals surface area contributed by atoms with E-state index < -0.39 is 10.1 Å². The van der Waals surface area contributed by atoms with Gasteiger partial charge in [-0.25, -0.2) is 0 Å². The fourth-order valence-electron chi connectivity index (χ4n) is 2.51. The average Bonchev–Trinajstić information content (AvgIpc) is 2.87. The van der Waals surface area contributed by atoms with Gasteiger partial charge < -0.3 is 4.18 Å². The maximum atomic E-state index is 12.6. The van der Waals surface area contributed by atoms with Crippen LogP contribution in [0.2, 0.25) is 0 Å². The van der Waals surface area contributed by atoms with Crippen LogP contribution in [0.1, 0.15) is 16.8 Å². The van der Waals surface area contributed by atoms with Crippen molar-refractivity contribution in [3.63, 3.8) is 0 Å². The van der Waals surface area contributed by atoms with E-state index >= 15 is 0 Å². The van der Waals surface area contributed by atoms with Crippen LogP contribution in [0.15, 0.2) is 57.9 Å². The van der Waals surface area contributed by atoms with E-state index in [1.165, 1.54) is 16.8 Å². The van der Waals surface area contributed by atoms with Crippen molar-refractivity contribution < 1.29 is 12.6 Å². The second kappa shape index (κ2) is 6.65. The summed E-state index contributed by atoms with van der Waals surface area (Å²) in [5.74, 6) is 0.160. The van der Waals surface area contributed by atoms with Crippen molar-refractivity contribution in [1.29, 1.82) is 0 Å². The van der Waals surface area contributed by atoms with Gasteiger partial charge in [-0.2, -0.15) is 18.2 Å². The second-order valence-electron chi connectivity index (χ2n) is 5.82. The summed E-state index contributed by atoms with van der Waals surface area (Å²) in [6.07, 6.45) is 0. The molecule has 0 unspecified atom stereocenters. The predicted octanol–water partition coefficient (Wildman–Crippen LogP) is 4.33. The van der Waals surface area contributed by atoms with Crippen molar-refractivity contribution in [2.75, 3.05) is 0 Å². The van der Waals surface area contributed by atoms with Gasteiger partial charge in [0.05, 0.1) is 11.4 Å². The Morgan fingerprint density at radius 2 is 1.68 bits per heavy atom. The van der Waals surface area contributed by atoms with Gasteiger partial charge in [-0.1, -0.05) is 33.6 Å². The molecular weight excluding hydrogens is 404 g/mol. The molecule has 0 aliphatic carbocycles. The number of nitrogens with zero attached hydrogens (tertiary/aromatic N) is 2. The van der Waals surface area contributed by atoms with Crippen LogP contribution in [0.5, 0.6) is 5.88 Å². The van der Waals surface area contributed by atoms with E-state index in [1.807, 2.05) is 32.0 Å². The Morgan fingerprint density at radius 1 is 1.00 bits per heavy atom. The van der Waals surface area contributed by atoms with Crippen molar-refractivity contribution >= 4 is 26.0 Å². The third-order valence-electron chi connectivity index (χ3n) is 3.68. The van der Waals surface area contributed by atoms with E-state index in [2.05, 4.69) is 21.0 Å². The molecule has 3 aromatic rings. The Balaban J connectivity index is 2.03. The highest BCUT2D eigenvalue weighted by Crippen LogP contribution is 2.26. The molecule has 0 amide bonds. The van der Waals surface area contributed by atoms with Crippen LogP contribution in [0.4, 0.5) is 0 Å². The lowest BCUT2D eigenvalue weighted by Crippen LogP contribution is -2.13. The highest BCUT2D eigenvalue weighted by molar-refractivity contribution is 9.10. The van der Waals surface area contributed by atoms with Gasteiger partial charge in [0.2, 0.25) is 5.88 Å². The molecule has 3 rings (SSSR count). The van der Waals surface area contributed by atoms with E-state index in [-0.39, 0.29) is 10.8 Å². The van der Waals surface area contributed by atoms with Gasteiger partial charge in [-0.15, -0.1) is 0 Å². The number of hydrogen-bond donors (Lipinski definition) is 0. The van der Waals surface area contributed by atoms with E-state index in [0.29, 0.717) is 5.69 Å². The quantitative estimate of drug-likeness (QED) is 0.589. The lowest BCUT2D eigenvalue weighted by atomic mass is 10.1. The first kappa shape index (κ1) is 17.7. The van der Waals surface area contributed by atoms with Crippen LogP contribution in [0.3, 0.4) is 0 Å². The Kier molecular flexibility index (Phi) is 4.71. The van der Waals surface area contributed by atoms with Crippen molar-refractivity contribution in [3.8, 4) is 11.6 Å². The molecule has 0 aliphatic rings. The summed E-state index contributed by atoms with van der Waals surface area (Å²) < 4.78 is 32.8. The largest absolute Gasteiger partial charge is 0.358 e. The van der Waals surface area contributed by atoms with Crippen LogP contribution in [-0.4, -0.2) is 18.2 Å². The van der Waals surface area contributed by atoms with Crippen molar-refractivity contribution in [2.45, 2.75) is 25.7 Å². The number of aromatic nitrogens is 2. The van der Waals surface area contributed by atoms with Crippen molar-refractivity contribution in [3.05, 3.63) is 69.8 Å². The zero-order chi connectivity index (χ0) is 18.2. The van der Waals surface area contributed by atoms with Crippen LogP contribution in [0, 0.1) is 20.8 Å². The molecule has 0 radical (unpaired) electrons. The van der Waals surface area contributed by atoms with E-state index in [4.69, 9.17) is 4.18 Å². The first-order valence-corrected chi connectivity index (χ1v) is 9.81. The summed E-state index contributed by atoms with van der Waals surface area (Å²) >= 11 is 3.29. The van der Waals surface area contributed by atoms with E-state index in [1.54, 1.807) is 25.1 Å². The minimum Gasteiger partial charge on any atom is -0.358 e. The van der Waals surface area contributed by atoms with Gasteiger partial charge >= 0.3 is 10.1 Å². The normalized spacial score (nSPS) is 11.5. The molecule has 0 saturated carbocycles. The molecule has 2 aromatic carbocycles. The van der Waals surface area contributed by atoms with Gasteiger partial charge in [0.15, 0.2) is 0 Å². The van der Waals surface area contributed by atoms with Gasteiger partial charge in [0.1, 0.15) is 4.90 Å². The minimum atomic E-state index is -3.95. The molecule has 0 N–H and O–H groups in total. The molecular formula is C18H17BrN2O3S. The SMILES string of the molecule is Cc1ccc(-n2nc(C)cc2OS(=O)(=O)c2ccc(Br)cc2)c(C)c1. The van der Waals surface area contributed by atoms with Gasteiger partial charge in [-0.05, 0) is 56.7 Å². The Morgan fingerprint density at radius 3 is 2.32 bits per heavy atom. The maximum Gasteiger partial charge on any atom is 0.340 e. The smallest absolute Gasteiger partial charge is 0.340 e. The van der Waals surface area contributed by atoms with Gasteiger partial charge in [0, 0.05) is 10.5 Å². The van der Waals surface area contributed by atoms with Crippen LogP contribution >= 0.6 is 15.9 Å². The standard InChI is InChI=1S/C18H17BrN2O3S/c1-12-4-9-17(13(2)10-12)21-18(11-14(3)20-21)24-25(22,23)16-7-5-15(19)6-8-16/h4-11H,1-3H3. The summed E-state index contributed by atoms with van der Waals surface area (Å²) in [6.45, 7) is 5.74. The second-order valence-corrected chi connectivity index (χ2v) is 8.28. The van der Waals surface area contributed by atoms with E-state index in [9.17, 15) is 8.42 Å². The summed E-state index contributed by atoms with van der Waals surface area (Å²) in [4.78, 5) is 0.0849. The third-order valence-corrected chi connectivity index (χ3v) is 5.45. The number of hydrogen-bond acceptors (Lipinski definition) is 4. The fourth-order valence-corrected chi connectivity index (χ4v) is 3.69. The molecule has 1 aromatic heterocycles. The van der Waals surface area contributed by atoms with Crippen LogP contribution < -0.4 is 4.18 Å². The topological polar surface area (TPSA) is 61.2 Å². The molecule has 0 aliphatic heterocycles. The van der Waals surface area contributed by atoms with Crippen LogP contribution in [0.25, 0.3) is 5.69 Å². The molecule has 0 atom stereocenters. The fraction of sp³-hybridized carbons (Fsp3) is 0.167. The van der Waals surface area contributed by atoms with E-state index in [0.717, 1.165) is 21.3 Å². The summed E-state index contributed by atoms with van der Waals surface area (Å²) in [6, 6.07) is 13.8. The number of aryl methyl sites for hydroxylation is 3. The van der Waals surface area contributed by atoms with Gasteiger partial charge in [0.25, 0.3) is 0 Å². The average molecular weight is 421 g/mol. The van der Waals surface area contributed by atoms with Crippen molar-refractivity contribution in [1.82, 2.24) is 9.78 Å². The Labute approximate surface area is 155 Å². The number of benzene rings is 2. The number of rotatable bonds is 4. The monoisotopic (exact) mass is 420 g/mol. The Hall–Kier alpha value is -2.12. The highest BCUT2D eigenvalue weighted by atomic mass is 79.9. The molecule has 0 fully saturated rings.